The lowest BCUT2D eigenvalue weighted by molar-refractivity contribution is -0.139. The van der Waals surface area contributed by atoms with Crippen LogP contribution >= 0.6 is 11.8 Å². The van der Waals surface area contributed by atoms with E-state index in [0.29, 0.717) is 31.7 Å². The number of amides is 3. The second-order valence-electron chi connectivity index (χ2n) is 10.3. The molecule has 0 aliphatic carbocycles. The highest BCUT2D eigenvalue weighted by Crippen LogP contribution is 2.71. The highest BCUT2D eigenvalue weighted by atomic mass is 32.2. The van der Waals surface area contributed by atoms with E-state index in [0.717, 1.165) is 18.6 Å². The summed E-state index contributed by atoms with van der Waals surface area (Å²) >= 11 is 1.66. The number of fused-ring (bicyclic) bond motifs is 1. The Morgan fingerprint density at radius 2 is 1.91 bits per heavy atom. The molecule has 8 nitrogen and oxygen atoms in total. The number of aliphatic hydroxyl groups is 1. The molecule has 3 aliphatic rings. The number of nitrogens with one attached hydrogen (secondary N) is 2. The first-order valence-electron chi connectivity index (χ1n) is 12.6. The topological polar surface area (TPSA) is 108 Å². The van der Waals surface area contributed by atoms with Crippen molar-refractivity contribution in [2.45, 2.75) is 75.0 Å². The number of nitrogens with zero attached hydrogens (tertiary/aromatic N) is 1. The van der Waals surface area contributed by atoms with Crippen molar-refractivity contribution in [3.63, 3.8) is 0 Å². The zero-order chi connectivity index (χ0) is 25.4. The van der Waals surface area contributed by atoms with Gasteiger partial charge in [-0.15, -0.1) is 11.8 Å². The summed E-state index contributed by atoms with van der Waals surface area (Å²) in [5.41, 5.74) is 0.656. The van der Waals surface area contributed by atoms with Crippen molar-refractivity contribution < 1.29 is 24.2 Å². The van der Waals surface area contributed by atoms with Gasteiger partial charge in [0.25, 0.3) is 0 Å². The van der Waals surface area contributed by atoms with Crippen molar-refractivity contribution in [2.75, 3.05) is 25.1 Å². The number of hydrogen-bond acceptors (Lipinski definition) is 6. The molecule has 192 valence electrons. The largest absolute Gasteiger partial charge is 0.494 e. The standard InChI is InChI=1S/C26H37N3O5S/c1-5-34-18-10-8-17(9-11-18)28-22(31)19-20-24(33)29(14-6-7-15-30)21(23(32)27-16(2)3)26(20)13-12-25(19,4)35-26/h8-11,16,19-21,30H,5-7,12-15H2,1-4H3,(H,27,32)(H,28,31)/t19-,20+,21?,25+,26?/m1/s1. The lowest BCUT2D eigenvalue weighted by atomic mass is 9.66. The smallest absolute Gasteiger partial charge is 0.244 e. The van der Waals surface area contributed by atoms with Crippen LogP contribution in [0, 0.1) is 11.8 Å². The number of unbranched alkanes of at least 4 members (excludes halogenated alkanes) is 1. The number of ether oxygens (including phenoxy) is 1. The molecule has 0 saturated carbocycles. The fraction of sp³-hybridized carbons (Fsp3) is 0.654. The number of hydrogen-bond donors (Lipinski definition) is 3. The number of thioether (sulfide) groups is 1. The van der Waals surface area contributed by atoms with E-state index in [4.69, 9.17) is 4.74 Å². The highest BCUT2D eigenvalue weighted by molar-refractivity contribution is 8.02. The van der Waals surface area contributed by atoms with E-state index in [2.05, 4.69) is 17.6 Å². The van der Waals surface area contributed by atoms with Gasteiger partial charge in [0.1, 0.15) is 11.8 Å². The predicted molar refractivity (Wildman–Crippen MR) is 136 cm³/mol. The molecule has 3 amide bonds. The number of benzene rings is 1. The van der Waals surface area contributed by atoms with Gasteiger partial charge in [-0.25, -0.2) is 0 Å². The van der Waals surface area contributed by atoms with E-state index in [1.165, 1.54) is 0 Å². The van der Waals surface area contributed by atoms with Crippen molar-refractivity contribution in [1.82, 2.24) is 10.2 Å². The molecule has 1 aromatic carbocycles. The third-order valence-electron chi connectivity index (χ3n) is 7.48. The number of carbonyl (C=O) groups is 3. The highest BCUT2D eigenvalue weighted by Gasteiger charge is 2.77. The van der Waals surface area contributed by atoms with Crippen LogP contribution in [0.25, 0.3) is 0 Å². The fourth-order valence-corrected chi connectivity index (χ4v) is 8.50. The van der Waals surface area contributed by atoms with Gasteiger partial charge >= 0.3 is 0 Å². The molecule has 5 atom stereocenters. The van der Waals surface area contributed by atoms with Gasteiger partial charge in [0.05, 0.1) is 23.2 Å². The molecular weight excluding hydrogens is 466 g/mol. The molecule has 3 N–H and O–H groups in total. The Hall–Kier alpha value is -2.26. The van der Waals surface area contributed by atoms with E-state index >= 15 is 0 Å². The Bertz CT molecular complexity index is 970. The van der Waals surface area contributed by atoms with Gasteiger partial charge in [-0.2, -0.15) is 0 Å². The number of rotatable bonds is 10. The Kier molecular flexibility index (Phi) is 7.38. The van der Waals surface area contributed by atoms with Gasteiger partial charge in [-0.1, -0.05) is 0 Å². The van der Waals surface area contributed by atoms with Gasteiger partial charge in [-0.05, 0) is 77.6 Å². The summed E-state index contributed by atoms with van der Waals surface area (Å²) < 4.78 is 4.45. The molecule has 3 fully saturated rings. The lowest BCUT2D eigenvalue weighted by Gasteiger charge is -2.35. The zero-order valence-electron chi connectivity index (χ0n) is 21.0. The Balaban J connectivity index is 1.63. The number of anilines is 1. The van der Waals surface area contributed by atoms with E-state index in [9.17, 15) is 19.5 Å². The molecule has 1 aromatic rings. The molecule has 0 aromatic heterocycles. The molecule has 1 spiro atoms. The molecule has 3 heterocycles. The summed E-state index contributed by atoms with van der Waals surface area (Å²) in [6.45, 7) is 8.81. The van der Waals surface area contributed by atoms with E-state index in [-0.39, 0.29) is 30.4 Å². The van der Waals surface area contributed by atoms with Crippen LogP contribution in [0.2, 0.25) is 0 Å². The van der Waals surface area contributed by atoms with Gasteiger partial charge in [-0.3, -0.25) is 14.4 Å². The van der Waals surface area contributed by atoms with Crippen LogP contribution in [0.1, 0.15) is 53.4 Å². The molecular formula is C26H37N3O5S. The molecule has 2 bridgehead atoms. The molecule has 0 radical (unpaired) electrons. The van der Waals surface area contributed by atoms with Crippen molar-refractivity contribution in [3.05, 3.63) is 24.3 Å². The number of carbonyl (C=O) groups excluding carboxylic acids is 3. The summed E-state index contributed by atoms with van der Waals surface area (Å²) in [4.78, 5) is 42.7. The minimum Gasteiger partial charge on any atom is -0.494 e. The Morgan fingerprint density at radius 3 is 2.54 bits per heavy atom. The van der Waals surface area contributed by atoms with E-state index < -0.39 is 27.4 Å². The van der Waals surface area contributed by atoms with Crippen molar-refractivity contribution in [3.8, 4) is 5.75 Å². The number of likely N-dealkylation sites (tertiary alicyclic amines) is 1. The second kappa shape index (κ2) is 10.0. The van der Waals surface area contributed by atoms with Crippen LogP contribution in [0.15, 0.2) is 24.3 Å². The van der Waals surface area contributed by atoms with E-state index in [1.807, 2.05) is 32.9 Å². The summed E-state index contributed by atoms with van der Waals surface area (Å²) in [5, 5.41) is 15.3. The number of aliphatic hydroxyl groups excluding tert-OH is 1. The van der Waals surface area contributed by atoms with Crippen LogP contribution in [0.4, 0.5) is 5.69 Å². The Labute approximate surface area is 211 Å². The lowest BCUT2D eigenvalue weighted by Crippen LogP contribution is -2.54. The summed E-state index contributed by atoms with van der Waals surface area (Å²) in [6, 6.07) is 6.57. The maximum absolute atomic E-state index is 13.9. The third-order valence-corrected chi connectivity index (χ3v) is 9.46. The Morgan fingerprint density at radius 1 is 1.20 bits per heavy atom. The normalized spacial score (nSPS) is 31.1. The first-order chi connectivity index (χ1) is 16.7. The van der Waals surface area contributed by atoms with Crippen molar-refractivity contribution in [1.29, 1.82) is 0 Å². The van der Waals surface area contributed by atoms with Crippen molar-refractivity contribution in [2.24, 2.45) is 11.8 Å². The molecule has 9 heteroatoms. The van der Waals surface area contributed by atoms with Crippen LogP contribution < -0.4 is 15.4 Å². The van der Waals surface area contributed by atoms with Gasteiger partial charge < -0.3 is 25.4 Å². The summed E-state index contributed by atoms with van der Waals surface area (Å²) in [7, 11) is 0. The monoisotopic (exact) mass is 503 g/mol. The summed E-state index contributed by atoms with van der Waals surface area (Å²) in [6.07, 6.45) is 2.68. The van der Waals surface area contributed by atoms with Gasteiger partial charge in [0.2, 0.25) is 17.7 Å². The molecule has 3 saturated heterocycles. The maximum Gasteiger partial charge on any atom is 0.244 e. The average Bonchev–Trinajstić information content (AvgIpc) is 3.36. The van der Waals surface area contributed by atoms with Crippen LogP contribution in [0.5, 0.6) is 5.75 Å². The van der Waals surface area contributed by atoms with E-state index in [1.54, 1.807) is 28.8 Å². The quantitative estimate of drug-likeness (QED) is 0.424. The minimum atomic E-state index is -0.620. The SMILES string of the molecule is CCOc1ccc(NC(=O)[C@H]2[C@H]3C(=O)N(CCCCO)C(C(=O)NC(C)C)C34CC[C@]2(C)S4)cc1. The molecule has 35 heavy (non-hydrogen) atoms. The average molecular weight is 504 g/mol. The fourth-order valence-electron chi connectivity index (χ4n) is 6.15. The first-order valence-corrected chi connectivity index (χ1v) is 13.4. The maximum atomic E-state index is 13.9. The third kappa shape index (κ3) is 4.53. The predicted octanol–water partition coefficient (Wildman–Crippen LogP) is 2.80. The van der Waals surface area contributed by atoms with Crippen LogP contribution in [0.3, 0.4) is 0 Å². The van der Waals surface area contributed by atoms with Gasteiger partial charge in [0.15, 0.2) is 0 Å². The molecule has 3 aliphatic heterocycles. The van der Waals surface area contributed by atoms with Crippen LogP contribution in [-0.4, -0.2) is 69.1 Å². The second-order valence-corrected chi connectivity index (χ2v) is 12.2. The zero-order valence-corrected chi connectivity index (χ0v) is 21.8. The first kappa shape index (κ1) is 25.8. The molecule has 2 unspecified atom stereocenters. The van der Waals surface area contributed by atoms with Crippen LogP contribution in [-0.2, 0) is 14.4 Å². The van der Waals surface area contributed by atoms with Crippen molar-refractivity contribution >= 4 is 35.2 Å². The minimum absolute atomic E-state index is 0.0411. The molecule has 4 rings (SSSR count). The summed E-state index contributed by atoms with van der Waals surface area (Å²) in [5.74, 6) is -0.790. The van der Waals surface area contributed by atoms with Gasteiger partial charge in [0, 0.05) is 29.6 Å².